The lowest BCUT2D eigenvalue weighted by molar-refractivity contribution is -0.141. The predicted octanol–water partition coefficient (Wildman–Crippen LogP) is 4.70. The third-order valence-electron chi connectivity index (χ3n) is 6.87. The third kappa shape index (κ3) is 4.66. The van der Waals surface area contributed by atoms with Crippen molar-refractivity contribution in [1.29, 1.82) is 0 Å². The second-order valence-corrected chi connectivity index (χ2v) is 9.11. The molecule has 1 aromatic heterocycles. The molecule has 4 aromatic rings. The number of benzene rings is 3. The van der Waals surface area contributed by atoms with E-state index >= 15 is 0 Å². The van der Waals surface area contributed by atoms with Crippen LogP contribution in [0, 0.1) is 0 Å². The summed E-state index contributed by atoms with van der Waals surface area (Å²) in [6, 6.07) is 24.4. The highest BCUT2D eigenvalue weighted by atomic mass is 16.5. The van der Waals surface area contributed by atoms with Gasteiger partial charge < -0.3 is 19.4 Å². The molecule has 1 aliphatic rings. The van der Waals surface area contributed by atoms with Crippen molar-refractivity contribution in [2.45, 2.75) is 31.3 Å². The van der Waals surface area contributed by atoms with E-state index < -0.39 is 5.60 Å². The molecule has 5 rings (SSSR count). The van der Waals surface area contributed by atoms with Gasteiger partial charge in [0.2, 0.25) is 0 Å². The van der Waals surface area contributed by atoms with E-state index in [-0.39, 0.29) is 5.91 Å². The minimum Gasteiger partial charge on any atom is -0.496 e. The molecule has 0 bridgehead atoms. The van der Waals surface area contributed by atoms with E-state index in [1.807, 2.05) is 55.6 Å². The summed E-state index contributed by atoms with van der Waals surface area (Å²) < 4.78 is 13.7. The zero-order chi connectivity index (χ0) is 24.3. The summed E-state index contributed by atoms with van der Waals surface area (Å²) in [6.45, 7) is 1.12. The summed E-state index contributed by atoms with van der Waals surface area (Å²) in [4.78, 5) is 18.1. The van der Waals surface area contributed by atoms with Crippen molar-refractivity contribution in [2.24, 2.45) is 7.05 Å². The van der Waals surface area contributed by atoms with Crippen molar-refractivity contribution >= 4 is 16.9 Å². The van der Waals surface area contributed by atoms with Gasteiger partial charge in [0.25, 0.3) is 5.91 Å². The zero-order valence-electron chi connectivity index (χ0n) is 20.3. The monoisotopic (exact) mass is 469 g/mol. The zero-order valence-corrected chi connectivity index (χ0v) is 20.3. The van der Waals surface area contributed by atoms with E-state index in [1.165, 1.54) is 0 Å². The minimum atomic E-state index is -0.842. The first-order chi connectivity index (χ1) is 17.1. The molecule has 1 saturated heterocycles. The number of nitrogens with one attached hydrogen (secondary N) is 1. The number of amides is 1. The number of ether oxygens (including phenoxy) is 2. The van der Waals surface area contributed by atoms with Crippen molar-refractivity contribution in [3.05, 3.63) is 84.2 Å². The van der Waals surface area contributed by atoms with Gasteiger partial charge in [-0.15, -0.1) is 0 Å². The quantitative estimate of drug-likeness (QED) is 0.406. The molecule has 1 fully saturated rings. The Balaban J connectivity index is 1.30. The number of methoxy groups -OCH3 is 1. The number of aryl methyl sites for hydroxylation is 1. The molecule has 35 heavy (non-hydrogen) atoms. The van der Waals surface area contributed by atoms with Crippen molar-refractivity contribution in [3.8, 4) is 16.9 Å². The SMILES string of the molecule is COc1ccccc1-c1cccc(CC2(C(=O)NCCc3nc4ccccc4n3C)CCCO2)c1. The van der Waals surface area contributed by atoms with Crippen LogP contribution in [0.4, 0.5) is 0 Å². The van der Waals surface area contributed by atoms with Gasteiger partial charge in [0.1, 0.15) is 11.6 Å². The number of nitrogens with zero attached hydrogens (tertiary/aromatic N) is 2. The predicted molar refractivity (Wildman–Crippen MR) is 137 cm³/mol. The molecule has 6 nitrogen and oxygen atoms in total. The second kappa shape index (κ2) is 9.92. The van der Waals surface area contributed by atoms with Gasteiger partial charge in [0.05, 0.1) is 18.1 Å². The van der Waals surface area contributed by atoms with Gasteiger partial charge in [-0.2, -0.15) is 0 Å². The lowest BCUT2D eigenvalue weighted by Crippen LogP contribution is -2.48. The first-order valence-electron chi connectivity index (χ1n) is 12.1. The topological polar surface area (TPSA) is 65.4 Å². The van der Waals surface area contributed by atoms with Crippen molar-refractivity contribution in [3.63, 3.8) is 0 Å². The maximum atomic E-state index is 13.4. The second-order valence-electron chi connectivity index (χ2n) is 9.11. The van der Waals surface area contributed by atoms with E-state index in [1.54, 1.807) is 7.11 Å². The van der Waals surface area contributed by atoms with Crippen LogP contribution in [-0.4, -0.2) is 41.3 Å². The Morgan fingerprint density at radius 2 is 1.94 bits per heavy atom. The Kier molecular flexibility index (Phi) is 6.55. The summed E-state index contributed by atoms with van der Waals surface area (Å²) >= 11 is 0. The van der Waals surface area contributed by atoms with Gasteiger partial charge in [-0.3, -0.25) is 4.79 Å². The maximum Gasteiger partial charge on any atom is 0.252 e. The number of para-hydroxylation sites is 3. The van der Waals surface area contributed by atoms with E-state index in [2.05, 4.69) is 34.1 Å². The Bertz CT molecular complexity index is 1340. The summed E-state index contributed by atoms with van der Waals surface area (Å²) in [5, 5.41) is 3.13. The molecule has 0 aliphatic carbocycles. The van der Waals surface area contributed by atoms with E-state index in [9.17, 15) is 4.79 Å². The van der Waals surface area contributed by atoms with Crippen LogP contribution in [0.5, 0.6) is 5.75 Å². The average Bonchev–Trinajstić information content (AvgIpc) is 3.49. The van der Waals surface area contributed by atoms with E-state index in [0.29, 0.717) is 32.4 Å². The highest BCUT2D eigenvalue weighted by Gasteiger charge is 2.42. The number of hydrogen-bond donors (Lipinski definition) is 1. The number of fused-ring (bicyclic) bond motifs is 1. The van der Waals surface area contributed by atoms with Gasteiger partial charge in [-0.1, -0.05) is 54.6 Å². The minimum absolute atomic E-state index is 0.0449. The number of hydrogen-bond acceptors (Lipinski definition) is 4. The molecule has 0 spiro atoms. The smallest absolute Gasteiger partial charge is 0.252 e. The van der Waals surface area contributed by atoms with E-state index in [0.717, 1.165) is 45.7 Å². The van der Waals surface area contributed by atoms with Gasteiger partial charge in [0, 0.05) is 38.6 Å². The third-order valence-corrected chi connectivity index (χ3v) is 6.87. The normalized spacial score (nSPS) is 17.5. The lowest BCUT2D eigenvalue weighted by atomic mass is 9.89. The molecular weight excluding hydrogens is 438 g/mol. The van der Waals surface area contributed by atoms with Gasteiger partial charge in [-0.05, 0) is 42.2 Å². The standard InChI is InChI=1S/C29H31N3O3/c1-32-25-13-5-4-12-24(25)31-27(32)15-17-30-28(33)29(16-8-18-35-29)20-21-9-7-10-22(19-21)23-11-3-6-14-26(23)34-2/h3-7,9-14,19H,8,15-18,20H2,1-2H3,(H,30,33). The highest BCUT2D eigenvalue weighted by Crippen LogP contribution is 2.33. The lowest BCUT2D eigenvalue weighted by Gasteiger charge is -2.27. The molecule has 0 radical (unpaired) electrons. The fourth-order valence-electron chi connectivity index (χ4n) is 5.03. The number of imidazole rings is 1. The van der Waals surface area contributed by atoms with Gasteiger partial charge in [0.15, 0.2) is 5.60 Å². The number of carbonyl (C=O) groups is 1. The molecule has 1 unspecified atom stereocenters. The van der Waals surface area contributed by atoms with Crippen LogP contribution < -0.4 is 10.1 Å². The average molecular weight is 470 g/mol. The van der Waals surface area contributed by atoms with Crippen molar-refractivity contribution in [1.82, 2.24) is 14.9 Å². The van der Waals surface area contributed by atoms with Crippen molar-refractivity contribution < 1.29 is 14.3 Å². The first-order valence-corrected chi connectivity index (χ1v) is 12.1. The largest absolute Gasteiger partial charge is 0.496 e. The van der Waals surface area contributed by atoms with Crippen LogP contribution in [0.15, 0.2) is 72.8 Å². The van der Waals surface area contributed by atoms with Crippen LogP contribution >= 0.6 is 0 Å². The van der Waals surface area contributed by atoms with Gasteiger partial charge in [-0.25, -0.2) is 4.98 Å². The first kappa shape index (κ1) is 23.1. The highest BCUT2D eigenvalue weighted by molar-refractivity contribution is 5.86. The number of carbonyl (C=O) groups excluding carboxylic acids is 1. The number of rotatable bonds is 8. The molecule has 2 heterocycles. The fourth-order valence-corrected chi connectivity index (χ4v) is 5.03. The van der Waals surface area contributed by atoms with Crippen LogP contribution in [-0.2, 0) is 29.4 Å². The Hall–Kier alpha value is -3.64. The van der Waals surface area contributed by atoms with Crippen molar-refractivity contribution in [2.75, 3.05) is 20.3 Å². The molecule has 1 atom stereocenters. The summed E-state index contributed by atoms with van der Waals surface area (Å²) in [5.41, 5.74) is 4.40. The molecule has 180 valence electrons. The molecule has 1 aliphatic heterocycles. The summed E-state index contributed by atoms with van der Waals surface area (Å²) in [7, 11) is 3.70. The van der Waals surface area contributed by atoms with Crippen LogP contribution in [0.25, 0.3) is 22.2 Å². The summed E-state index contributed by atoms with van der Waals surface area (Å²) in [5.74, 6) is 1.74. The maximum absolute atomic E-state index is 13.4. The van der Waals surface area contributed by atoms with Crippen LogP contribution in [0.3, 0.4) is 0 Å². The molecule has 6 heteroatoms. The Morgan fingerprint density at radius 3 is 2.74 bits per heavy atom. The number of aromatic nitrogens is 2. The summed E-state index contributed by atoms with van der Waals surface area (Å²) in [6.07, 6.45) is 2.79. The van der Waals surface area contributed by atoms with Gasteiger partial charge >= 0.3 is 0 Å². The molecule has 0 saturated carbocycles. The molecular formula is C29H31N3O3. The van der Waals surface area contributed by atoms with E-state index in [4.69, 9.17) is 14.5 Å². The Labute approximate surface area is 205 Å². The molecule has 3 aromatic carbocycles. The fraction of sp³-hybridized carbons (Fsp3) is 0.310. The Morgan fingerprint density at radius 1 is 1.11 bits per heavy atom. The van der Waals surface area contributed by atoms with Crippen LogP contribution in [0.1, 0.15) is 24.2 Å². The van der Waals surface area contributed by atoms with Crippen LogP contribution in [0.2, 0.25) is 0 Å². The molecule has 1 amide bonds. The molecule has 1 N–H and O–H groups in total.